The molecule has 0 fully saturated rings. The van der Waals surface area contributed by atoms with Crippen LogP contribution in [0, 0.1) is 5.92 Å². The normalized spacial score (nSPS) is 11.4. The number of para-hydroxylation sites is 1. The molecule has 2 rings (SSSR count). The lowest BCUT2D eigenvalue weighted by Crippen LogP contribution is -2.23. The second kappa shape index (κ2) is 7.75. The highest BCUT2D eigenvalue weighted by molar-refractivity contribution is 7.20. The lowest BCUT2D eigenvalue weighted by molar-refractivity contribution is -0.145. The predicted octanol–water partition coefficient (Wildman–Crippen LogP) is 3.70. The molecule has 108 valence electrons. The molecule has 0 aliphatic carbocycles. The predicted molar refractivity (Wildman–Crippen MR) is 81.1 cm³/mol. The number of hydrogen-bond donors (Lipinski definition) is 0. The van der Waals surface area contributed by atoms with Gasteiger partial charge in [-0.05, 0) is 26.0 Å². The first-order chi connectivity index (χ1) is 9.63. The third-order valence-electron chi connectivity index (χ3n) is 2.54. The van der Waals surface area contributed by atoms with Crippen LogP contribution in [0.1, 0.15) is 37.5 Å². The van der Waals surface area contributed by atoms with Crippen LogP contribution in [-0.4, -0.2) is 23.3 Å². The Kier molecular flexibility index (Phi) is 6.31. The molecule has 4 nitrogen and oxygen atoms in total. The zero-order valence-electron chi connectivity index (χ0n) is 12.2. The van der Waals surface area contributed by atoms with Crippen molar-refractivity contribution < 1.29 is 14.3 Å². The maximum Gasteiger partial charge on any atom is 0.316 e. The molecule has 0 bridgehead atoms. The number of ether oxygens (including phenoxy) is 1. The van der Waals surface area contributed by atoms with Crippen LogP contribution < -0.4 is 0 Å². The van der Waals surface area contributed by atoms with Gasteiger partial charge in [0.2, 0.25) is 5.78 Å². The smallest absolute Gasteiger partial charge is 0.316 e. The van der Waals surface area contributed by atoms with Crippen LogP contribution in [0.5, 0.6) is 0 Å². The van der Waals surface area contributed by atoms with Crippen LogP contribution >= 0.6 is 11.3 Å². The van der Waals surface area contributed by atoms with E-state index in [4.69, 9.17) is 4.74 Å². The number of Topliss-reactive ketones (excluding diaryl/α,β-unsaturated/α-hetero) is 1. The van der Waals surface area contributed by atoms with Gasteiger partial charge in [-0.2, -0.15) is 0 Å². The van der Waals surface area contributed by atoms with Gasteiger partial charge in [-0.3, -0.25) is 9.59 Å². The van der Waals surface area contributed by atoms with Gasteiger partial charge in [-0.15, -0.1) is 11.3 Å². The van der Waals surface area contributed by atoms with E-state index < -0.39 is 11.9 Å². The molecule has 1 aromatic carbocycles. The minimum absolute atomic E-state index is 0.274. The largest absolute Gasteiger partial charge is 0.465 e. The Morgan fingerprint density at radius 2 is 1.95 bits per heavy atom. The van der Waals surface area contributed by atoms with Crippen LogP contribution in [0.15, 0.2) is 24.3 Å². The number of thiazole rings is 1. The molecule has 1 unspecified atom stereocenters. The van der Waals surface area contributed by atoms with Crippen LogP contribution in [0.25, 0.3) is 10.2 Å². The summed E-state index contributed by atoms with van der Waals surface area (Å²) >= 11 is 1.30. The number of carbonyl (C=O) groups excluding carboxylic acids is 2. The maximum atomic E-state index is 12.1. The summed E-state index contributed by atoms with van der Waals surface area (Å²) in [4.78, 5) is 27.8. The topological polar surface area (TPSA) is 56.3 Å². The SMILES string of the molecule is CC.CCOC(=O)C(C)C(=O)c1nc2ccccc2s1. The second-order valence-electron chi connectivity index (χ2n) is 3.82. The van der Waals surface area contributed by atoms with Crippen molar-refractivity contribution >= 4 is 33.3 Å². The highest BCUT2D eigenvalue weighted by Gasteiger charge is 2.26. The standard InChI is InChI=1S/C13H13NO3S.C2H6/c1-3-17-13(16)8(2)11(15)12-14-9-6-4-5-7-10(9)18-12;1-2/h4-8H,3H2,1-2H3;1-2H3. The van der Waals surface area contributed by atoms with Crippen molar-refractivity contribution in [2.24, 2.45) is 5.92 Å². The lowest BCUT2D eigenvalue weighted by Gasteiger charge is -2.06. The van der Waals surface area contributed by atoms with Crippen LogP contribution in [0.4, 0.5) is 0 Å². The van der Waals surface area contributed by atoms with Crippen LogP contribution in [-0.2, 0) is 9.53 Å². The number of aromatic nitrogens is 1. The van der Waals surface area contributed by atoms with E-state index >= 15 is 0 Å². The molecule has 0 spiro atoms. The van der Waals surface area contributed by atoms with Crippen molar-refractivity contribution in [3.63, 3.8) is 0 Å². The zero-order valence-corrected chi connectivity index (χ0v) is 13.0. The number of carbonyl (C=O) groups is 2. The van der Waals surface area contributed by atoms with Crippen molar-refractivity contribution in [3.8, 4) is 0 Å². The van der Waals surface area contributed by atoms with Crippen molar-refractivity contribution in [2.75, 3.05) is 6.61 Å². The third-order valence-corrected chi connectivity index (χ3v) is 3.59. The number of fused-ring (bicyclic) bond motifs is 1. The molecule has 0 amide bonds. The van der Waals surface area contributed by atoms with Gasteiger partial charge in [-0.25, -0.2) is 4.98 Å². The summed E-state index contributed by atoms with van der Waals surface area (Å²) in [6, 6.07) is 7.51. The summed E-state index contributed by atoms with van der Waals surface area (Å²) in [5.74, 6) is -1.58. The first-order valence-electron chi connectivity index (χ1n) is 6.70. The Hall–Kier alpha value is -1.75. The number of hydrogen-bond acceptors (Lipinski definition) is 5. The van der Waals surface area contributed by atoms with Gasteiger partial charge in [0.05, 0.1) is 16.8 Å². The molecule has 5 heteroatoms. The fraction of sp³-hybridized carbons (Fsp3) is 0.400. The molecule has 0 N–H and O–H groups in total. The van der Waals surface area contributed by atoms with Gasteiger partial charge >= 0.3 is 5.97 Å². The van der Waals surface area contributed by atoms with Gasteiger partial charge in [0, 0.05) is 0 Å². The van der Waals surface area contributed by atoms with Crippen molar-refractivity contribution in [3.05, 3.63) is 29.3 Å². The van der Waals surface area contributed by atoms with E-state index in [1.54, 1.807) is 13.8 Å². The summed E-state index contributed by atoms with van der Waals surface area (Å²) < 4.78 is 5.78. The van der Waals surface area contributed by atoms with Crippen molar-refractivity contribution in [2.45, 2.75) is 27.7 Å². The summed E-state index contributed by atoms with van der Waals surface area (Å²) in [7, 11) is 0. The molecule has 0 radical (unpaired) electrons. The van der Waals surface area contributed by atoms with E-state index in [1.165, 1.54) is 11.3 Å². The highest BCUT2D eigenvalue weighted by Crippen LogP contribution is 2.23. The number of nitrogens with zero attached hydrogens (tertiary/aromatic N) is 1. The highest BCUT2D eigenvalue weighted by atomic mass is 32.1. The molecular weight excluding hydrogens is 274 g/mol. The summed E-state index contributed by atoms with van der Waals surface area (Å²) in [6.07, 6.45) is 0. The van der Waals surface area contributed by atoms with Crippen LogP contribution in [0.2, 0.25) is 0 Å². The number of ketones is 1. The Morgan fingerprint density at radius 1 is 1.30 bits per heavy atom. The average molecular weight is 293 g/mol. The van der Waals surface area contributed by atoms with E-state index in [1.807, 2.05) is 38.1 Å². The van der Waals surface area contributed by atoms with Crippen molar-refractivity contribution in [1.29, 1.82) is 0 Å². The Morgan fingerprint density at radius 3 is 2.55 bits per heavy atom. The van der Waals surface area contributed by atoms with Crippen LogP contribution in [0.3, 0.4) is 0 Å². The van der Waals surface area contributed by atoms with Gasteiger partial charge in [0.15, 0.2) is 5.01 Å². The molecule has 1 atom stereocenters. The molecule has 1 aromatic heterocycles. The first kappa shape index (κ1) is 16.3. The fourth-order valence-corrected chi connectivity index (χ4v) is 2.53. The second-order valence-corrected chi connectivity index (χ2v) is 4.86. The van der Waals surface area contributed by atoms with E-state index in [2.05, 4.69) is 4.98 Å². The number of benzene rings is 1. The Labute approximate surface area is 122 Å². The monoisotopic (exact) mass is 293 g/mol. The number of rotatable bonds is 4. The van der Waals surface area contributed by atoms with E-state index in [0.717, 1.165) is 10.2 Å². The summed E-state index contributed by atoms with van der Waals surface area (Å²) in [5, 5.41) is 0.358. The average Bonchev–Trinajstić information content (AvgIpc) is 2.92. The van der Waals surface area contributed by atoms with Gasteiger partial charge in [0.25, 0.3) is 0 Å². The summed E-state index contributed by atoms with van der Waals surface area (Å²) in [5.41, 5.74) is 0.780. The molecule has 0 saturated heterocycles. The Balaban J connectivity index is 0.000000956. The molecule has 20 heavy (non-hydrogen) atoms. The minimum atomic E-state index is -0.800. The molecule has 1 heterocycles. The van der Waals surface area contributed by atoms with Gasteiger partial charge in [-0.1, -0.05) is 26.0 Å². The van der Waals surface area contributed by atoms with Gasteiger partial charge in [0.1, 0.15) is 5.92 Å². The van der Waals surface area contributed by atoms with Gasteiger partial charge < -0.3 is 4.74 Å². The third kappa shape index (κ3) is 3.63. The van der Waals surface area contributed by atoms with E-state index in [-0.39, 0.29) is 12.4 Å². The molecular formula is C15H19NO3S. The lowest BCUT2D eigenvalue weighted by atomic mass is 10.1. The minimum Gasteiger partial charge on any atom is -0.465 e. The van der Waals surface area contributed by atoms with E-state index in [9.17, 15) is 9.59 Å². The fourth-order valence-electron chi connectivity index (χ4n) is 1.54. The van der Waals surface area contributed by atoms with Crippen molar-refractivity contribution in [1.82, 2.24) is 4.98 Å². The zero-order chi connectivity index (χ0) is 15.1. The summed E-state index contributed by atoms with van der Waals surface area (Å²) in [6.45, 7) is 7.54. The Bertz CT molecular complexity index is 559. The molecule has 0 saturated carbocycles. The first-order valence-corrected chi connectivity index (χ1v) is 7.51. The maximum absolute atomic E-state index is 12.1. The number of esters is 1. The molecule has 0 aliphatic heterocycles. The molecule has 2 aromatic rings. The quantitative estimate of drug-likeness (QED) is 0.490. The molecule has 0 aliphatic rings. The van der Waals surface area contributed by atoms with E-state index in [0.29, 0.717) is 5.01 Å².